The highest BCUT2D eigenvalue weighted by Crippen LogP contribution is 2.27. The second-order valence-corrected chi connectivity index (χ2v) is 4.19. The molecule has 14 heavy (non-hydrogen) atoms. The minimum atomic E-state index is 0.418. The van der Waals surface area contributed by atoms with Gasteiger partial charge in [-0.15, -0.1) is 0 Å². The molecular formula is C10H20N4. The molecule has 1 atom stereocenters. The van der Waals surface area contributed by atoms with E-state index in [1.54, 1.807) is 0 Å². The largest absolute Gasteiger partial charge is 0.355 e. The highest BCUT2D eigenvalue weighted by Gasteiger charge is 2.24. The molecule has 1 heterocycles. The van der Waals surface area contributed by atoms with Gasteiger partial charge < -0.3 is 16.4 Å². The van der Waals surface area contributed by atoms with Crippen LogP contribution in [-0.4, -0.2) is 31.6 Å². The smallest absolute Gasteiger partial charge is 0.191 e. The number of aliphatic imine (C=N–C) groups is 1. The minimum absolute atomic E-state index is 0.418. The summed E-state index contributed by atoms with van der Waals surface area (Å²) in [5, 5.41) is 6.65. The summed E-state index contributed by atoms with van der Waals surface area (Å²) in [6.07, 6.45) is 5.37. The molecule has 0 saturated heterocycles. The van der Waals surface area contributed by atoms with Crippen molar-refractivity contribution >= 4 is 5.96 Å². The first-order valence-corrected chi connectivity index (χ1v) is 5.65. The Morgan fingerprint density at radius 3 is 2.86 bits per heavy atom. The average Bonchev–Trinajstić information content (AvgIpc) is 2.86. The first kappa shape index (κ1) is 9.77. The van der Waals surface area contributed by atoms with E-state index in [4.69, 9.17) is 5.73 Å². The van der Waals surface area contributed by atoms with Crippen LogP contribution in [0.3, 0.4) is 0 Å². The van der Waals surface area contributed by atoms with Gasteiger partial charge in [0.15, 0.2) is 5.96 Å². The zero-order chi connectivity index (χ0) is 9.80. The van der Waals surface area contributed by atoms with E-state index < -0.39 is 0 Å². The summed E-state index contributed by atoms with van der Waals surface area (Å²) in [4.78, 5) is 4.33. The molecule has 0 radical (unpaired) electrons. The SMILES string of the molecule is NCC(NC1=NCCN1)C1CCCC1. The fourth-order valence-electron chi connectivity index (χ4n) is 2.40. The van der Waals surface area contributed by atoms with Crippen molar-refractivity contribution in [2.24, 2.45) is 16.6 Å². The topological polar surface area (TPSA) is 62.4 Å². The highest BCUT2D eigenvalue weighted by atomic mass is 15.2. The van der Waals surface area contributed by atoms with Crippen molar-refractivity contribution in [2.45, 2.75) is 31.7 Å². The molecule has 1 aliphatic heterocycles. The molecule has 1 fully saturated rings. The second kappa shape index (κ2) is 4.64. The molecule has 0 aromatic heterocycles. The molecule has 1 aliphatic carbocycles. The van der Waals surface area contributed by atoms with E-state index in [1.807, 2.05) is 0 Å². The number of hydrogen-bond acceptors (Lipinski definition) is 4. The number of hydrogen-bond donors (Lipinski definition) is 3. The zero-order valence-corrected chi connectivity index (χ0v) is 8.63. The van der Waals surface area contributed by atoms with Crippen LogP contribution in [0.2, 0.25) is 0 Å². The summed E-state index contributed by atoms with van der Waals surface area (Å²) in [7, 11) is 0. The van der Waals surface area contributed by atoms with Gasteiger partial charge in [0.1, 0.15) is 0 Å². The summed E-state index contributed by atoms with van der Waals surface area (Å²) < 4.78 is 0. The molecule has 0 spiro atoms. The first-order chi connectivity index (χ1) is 6.90. The van der Waals surface area contributed by atoms with Crippen molar-refractivity contribution in [3.8, 4) is 0 Å². The van der Waals surface area contributed by atoms with Crippen LogP contribution in [0, 0.1) is 5.92 Å². The Balaban J connectivity index is 1.85. The van der Waals surface area contributed by atoms with Gasteiger partial charge in [-0.2, -0.15) is 0 Å². The zero-order valence-electron chi connectivity index (χ0n) is 8.63. The van der Waals surface area contributed by atoms with Gasteiger partial charge in [0.05, 0.1) is 6.54 Å². The van der Waals surface area contributed by atoms with Crippen molar-refractivity contribution < 1.29 is 0 Å². The van der Waals surface area contributed by atoms with Crippen molar-refractivity contribution in [1.29, 1.82) is 0 Å². The van der Waals surface area contributed by atoms with E-state index >= 15 is 0 Å². The maximum atomic E-state index is 5.79. The van der Waals surface area contributed by atoms with Gasteiger partial charge in [-0.05, 0) is 18.8 Å². The van der Waals surface area contributed by atoms with Gasteiger partial charge in [0.2, 0.25) is 0 Å². The van der Waals surface area contributed by atoms with Crippen LogP contribution in [-0.2, 0) is 0 Å². The Labute approximate surface area is 85.3 Å². The molecular weight excluding hydrogens is 176 g/mol. The predicted molar refractivity (Wildman–Crippen MR) is 58.2 cm³/mol. The molecule has 80 valence electrons. The lowest BCUT2D eigenvalue weighted by molar-refractivity contribution is 0.404. The first-order valence-electron chi connectivity index (χ1n) is 5.65. The molecule has 0 aromatic carbocycles. The lowest BCUT2D eigenvalue weighted by Gasteiger charge is -2.23. The lowest BCUT2D eigenvalue weighted by atomic mass is 9.98. The number of rotatable bonds is 3. The van der Waals surface area contributed by atoms with Crippen molar-refractivity contribution in [2.75, 3.05) is 19.6 Å². The Morgan fingerprint density at radius 1 is 1.50 bits per heavy atom. The Bertz CT molecular complexity index is 208. The fraction of sp³-hybridized carbons (Fsp3) is 0.900. The third-order valence-corrected chi connectivity index (χ3v) is 3.22. The van der Waals surface area contributed by atoms with Gasteiger partial charge in [-0.25, -0.2) is 0 Å². The van der Waals surface area contributed by atoms with E-state index in [0.29, 0.717) is 12.6 Å². The van der Waals surface area contributed by atoms with Crippen molar-refractivity contribution in [3.05, 3.63) is 0 Å². The molecule has 1 unspecified atom stereocenters. The normalized spacial score (nSPS) is 24.5. The number of nitrogens with one attached hydrogen (secondary N) is 2. The monoisotopic (exact) mass is 196 g/mol. The van der Waals surface area contributed by atoms with Crippen LogP contribution in [0.25, 0.3) is 0 Å². The molecule has 4 nitrogen and oxygen atoms in total. The third kappa shape index (κ3) is 2.18. The number of nitrogens with zero attached hydrogens (tertiary/aromatic N) is 1. The highest BCUT2D eigenvalue weighted by molar-refractivity contribution is 5.81. The van der Waals surface area contributed by atoms with Crippen molar-refractivity contribution in [3.63, 3.8) is 0 Å². The van der Waals surface area contributed by atoms with Crippen LogP contribution in [0.15, 0.2) is 4.99 Å². The standard InChI is InChI=1S/C10H20N4/c11-7-9(8-3-1-2-4-8)14-10-12-5-6-13-10/h8-9H,1-7,11H2,(H2,12,13,14). The predicted octanol–water partition coefficient (Wildman–Crippen LogP) is 0.0527. The maximum Gasteiger partial charge on any atom is 0.191 e. The van der Waals surface area contributed by atoms with Crippen LogP contribution >= 0.6 is 0 Å². The van der Waals surface area contributed by atoms with Gasteiger partial charge in [0, 0.05) is 19.1 Å². The van der Waals surface area contributed by atoms with Crippen LogP contribution in [0.5, 0.6) is 0 Å². The van der Waals surface area contributed by atoms with Gasteiger partial charge in [0.25, 0.3) is 0 Å². The lowest BCUT2D eigenvalue weighted by Crippen LogP contribution is -2.48. The molecule has 2 rings (SSSR count). The maximum absolute atomic E-state index is 5.79. The summed E-state index contributed by atoms with van der Waals surface area (Å²) in [5.41, 5.74) is 5.79. The molecule has 0 amide bonds. The van der Waals surface area contributed by atoms with E-state index in [2.05, 4.69) is 15.6 Å². The Kier molecular flexibility index (Phi) is 3.24. The molecule has 0 aromatic rings. The van der Waals surface area contributed by atoms with Gasteiger partial charge in [-0.1, -0.05) is 12.8 Å². The fourth-order valence-corrected chi connectivity index (χ4v) is 2.40. The van der Waals surface area contributed by atoms with Gasteiger partial charge >= 0.3 is 0 Å². The van der Waals surface area contributed by atoms with Crippen LogP contribution in [0.1, 0.15) is 25.7 Å². The Hall–Kier alpha value is -0.770. The minimum Gasteiger partial charge on any atom is -0.355 e. The summed E-state index contributed by atoms with van der Waals surface area (Å²) in [6, 6.07) is 0.418. The second-order valence-electron chi connectivity index (χ2n) is 4.19. The Morgan fingerprint density at radius 2 is 2.29 bits per heavy atom. The molecule has 1 saturated carbocycles. The molecule has 4 heteroatoms. The number of guanidine groups is 1. The summed E-state index contributed by atoms with van der Waals surface area (Å²) >= 11 is 0. The molecule has 4 N–H and O–H groups in total. The number of nitrogens with two attached hydrogens (primary N) is 1. The van der Waals surface area contributed by atoms with Gasteiger partial charge in [-0.3, -0.25) is 4.99 Å². The van der Waals surface area contributed by atoms with Crippen molar-refractivity contribution in [1.82, 2.24) is 10.6 Å². The third-order valence-electron chi connectivity index (χ3n) is 3.22. The molecule has 0 bridgehead atoms. The van der Waals surface area contributed by atoms with Crippen LogP contribution in [0.4, 0.5) is 0 Å². The summed E-state index contributed by atoms with van der Waals surface area (Å²) in [6.45, 7) is 2.57. The molecule has 2 aliphatic rings. The summed E-state index contributed by atoms with van der Waals surface area (Å²) in [5.74, 6) is 1.71. The quantitative estimate of drug-likeness (QED) is 0.598. The van der Waals surface area contributed by atoms with E-state index in [0.717, 1.165) is 25.0 Å². The van der Waals surface area contributed by atoms with E-state index in [1.165, 1.54) is 25.7 Å². The van der Waals surface area contributed by atoms with E-state index in [9.17, 15) is 0 Å². The van der Waals surface area contributed by atoms with E-state index in [-0.39, 0.29) is 0 Å². The van der Waals surface area contributed by atoms with Crippen LogP contribution < -0.4 is 16.4 Å². The average molecular weight is 196 g/mol.